The van der Waals surface area contributed by atoms with E-state index >= 15 is 0 Å². The van der Waals surface area contributed by atoms with Crippen LogP contribution in [0.4, 0.5) is 5.69 Å². The van der Waals surface area contributed by atoms with E-state index < -0.39 is 0 Å². The Balaban J connectivity index is 1.92. The molecule has 1 saturated heterocycles. The maximum atomic E-state index is 4.54. The summed E-state index contributed by atoms with van der Waals surface area (Å²) < 4.78 is 0. The zero-order valence-corrected chi connectivity index (χ0v) is 10.2. The molecule has 2 heterocycles. The minimum Gasteiger partial charge on any atom is -0.371 e. The van der Waals surface area contributed by atoms with Crippen LogP contribution in [-0.4, -0.2) is 32.0 Å². The number of amidine groups is 1. The molecule has 0 spiro atoms. The van der Waals surface area contributed by atoms with E-state index in [0.29, 0.717) is 0 Å². The smallest absolute Gasteiger partial charge is 0.130 e. The molecule has 2 aliphatic rings. The molecule has 0 radical (unpaired) electrons. The molecule has 0 aliphatic carbocycles. The lowest BCUT2D eigenvalue weighted by Gasteiger charge is -2.30. The van der Waals surface area contributed by atoms with Crippen molar-refractivity contribution in [1.82, 2.24) is 5.32 Å². The highest BCUT2D eigenvalue weighted by molar-refractivity contribution is 6.04. The molecular weight excluding hydrogens is 210 g/mol. The average molecular weight is 229 g/mol. The fourth-order valence-electron chi connectivity index (χ4n) is 2.66. The average Bonchev–Trinajstić information content (AvgIpc) is 2.94. The summed E-state index contributed by atoms with van der Waals surface area (Å²) in [4.78, 5) is 7.04. The molecule has 1 aromatic carbocycles. The highest BCUT2D eigenvalue weighted by atomic mass is 15.1. The maximum Gasteiger partial charge on any atom is 0.130 e. The zero-order chi connectivity index (χ0) is 11.5. The van der Waals surface area contributed by atoms with Crippen LogP contribution in [0.25, 0.3) is 0 Å². The van der Waals surface area contributed by atoms with Crippen molar-refractivity contribution in [2.75, 3.05) is 31.1 Å². The Morgan fingerprint density at radius 3 is 2.65 bits per heavy atom. The van der Waals surface area contributed by atoms with Crippen molar-refractivity contribution in [3.8, 4) is 0 Å². The molecule has 2 aliphatic heterocycles. The van der Waals surface area contributed by atoms with Gasteiger partial charge in [-0.1, -0.05) is 12.1 Å². The van der Waals surface area contributed by atoms with Crippen LogP contribution in [0.15, 0.2) is 29.3 Å². The van der Waals surface area contributed by atoms with Crippen LogP contribution < -0.4 is 10.2 Å². The Morgan fingerprint density at radius 2 is 1.88 bits per heavy atom. The van der Waals surface area contributed by atoms with Crippen molar-refractivity contribution in [2.24, 2.45) is 4.99 Å². The first-order valence-electron chi connectivity index (χ1n) is 6.58. The van der Waals surface area contributed by atoms with Gasteiger partial charge >= 0.3 is 0 Å². The lowest BCUT2D eigenvalue weighted by atomic mass is 10.1. The van der Waals surface area contributed by atoms with Crippen molar-refractivity contribution in [2.45, 2.75) is 19.3 Å². The number of benzene rings is 1. The fourth-order valence-corrected chi connectivity index (χ4v) is 2.66. The van der Waals surface area contributed by atoms with Gasteiger partial charge in [0.15, 0.2) is 0 Å². The van der Waals surface area contributed by atoms with E-state index in [4.69, 9.17) is 0 Å². The quantitative estimate of drug-likeness (QED) is 0.840. The summed E-state index contributed by atoms with van der Waals surface area (Å²) in [6, 6.07) is 8.64. The Hall–Kier alpha value is -1.51. The minimum absolute atomic E-state index is 0.906. The number of nitrogens with zero attached hydrogens (tertiary/aromatic N) is 2. The normalized spacial score (nSPS) is 20.0. The van der Waals surface area contributed by atoms with Crippen molar-refractivity contribution in [1.29, 1.82) is 0 Å². The van der Waals surface area contributed by atoms with E-state index in [-0.39, 0.29) is 0 Å². The number of aliphatic imine (C=N–C) groups is 1. The molecule has 1 aromatic rings. The predicted octanol–water partition coefficient (Wildman–Crippen LogP) is 2.03. The fraction of sp³-hybridized carbons (Fsp3) is 0.500. The Kier molecular flexibility index (Phi) is 2.99. The Labute approximate surface area is 103 Å². The molecule has 0 aromatic heterocycles. The van der Waals surface area contributed by atoms with Gasteiger partial charge in [0.2, 0.25) is 0 Å². The van der Waals surface area contributed by atoms with Gasteiger partial charge in [-0.2, -0.15) is 0 Å². The van der Waals surface area contributed by atoms with E-state index in [1.807, 2.05) is 0 Å². The number of hydrogen-bond acceptors (Lipinski definition) is 3. The third-order valence-corrected chi connectivity index (χ3v) is 3.53. The van der Waals surface area contributed by atoms with E-state index in [0.717, 1.165) is 18.9 Å². The highest BCUT2D eigenvalue weighted by Crippen LogP contribution is 2.24. The number of nitrogens with one attached hydrogen (secondary N) is 1. The summed E-state index contributed by atoms with van der Waals surface area (Å²) in [5.74, 6) is 1.08. The maximum absolute atomic E-state index is 4.54. The van der Waals surface area contributed by atoms with Gasteiger partial charge in [-0.15, -0.1) is 0 Å². The van der Waals surface area contributed by atoms with Gasteiger partial charge in [-0.3, -0.25) is 4.99 Å². The first-order valence-corrected chi connectivity index (χ1v) is 6.58. The Bertz CT molecular complexity index is 419. The van der Waals surface area contributed by atoms with Gasteiger partial charge in [0.1, 0.15) is 5.84 Å². The van der Waals surface area contributed by atoms with Crippen LogP contribution in [0.3, 0.4) is 0 Å². The van der Waals surface area contributed by atoms with Gasteiger partial charge in [0, 0.05) is 30.9 Å². The second-order valence-electron chi connectivity index (χ2n) is 4.72. The molecule has 0 atom stereocenters. The Morgan fingerprint density at radius 1 is 1.06 bits per heavy atom. The van der Waals surface area contributed by atoms with Gasteiger partial charge < -0.3 is 10.2 Å². The van der Waals surface area contributed by atoms with Crippen molar-refractivity contribution >= 4 is 11.5 Å². The molecule has 0 bridgehead atoms. The topological polar surface area (TPSA) is 27.6 Å². The van der Waals surface area contributed by atoms with E-state index in [2.05, 4.69) is 39.5 Å². The van der Waals surface area contributed by atoms with E-state index in [9.17, 15) is 0 Å². The monoisotopic (exact) mass is 229 g/mol. The first-order chi connectivity index (χ1) is 8.45. The zero-order valence-electron chi connectivity index (χ0n) is 10.2. The highest BCUT2D eigenvalue weighted by Gasteiger charge is 2.17. The SMILES string of the molecule is c1ccc(N2CCCCC2)c(C2=NCCN2)c1. The lowest BCUT2D eigenvalue weighted by Crippen LogP contribution is -2.32. The largest absolute Gasteiger partial charge is 0.371 e. The molecule has 3 rings (SSSR count). The van der Waals surface area contributed by atoms with Crippen LogP contribution in [0, 0.1) is 0 Å². The molecular formula is C14H19N3. The van der Waals surface area contributed by atoms with Crippen LogP contribution >= 0.6 is 0 Å². The molecule has 1 fully saturated rings. The molecule has 1 N–H and O–H groups in total. The van der Waals surface area contributed by atoms with Gasteiger partial charge in [0.25, 0.3) is 0 Å². The van der Waals surface area contributed by atoms with Crippen LogP contribution in [0.2, 0.25) is 0 Å². The first kappa shape index (κ1) is 10.6. The molecule has 90 valence electrons. The second kappa shape index (κ2) is 4.78. The van der Waals surface area contributed by atoms with Crippen molar-refractivity contribution in [3.63, 3.8) is 0 Å². The predicted molar refractivity (Wildman–Crippen MR) is 71.9 cm³/mol. The third kappa shape index (κ3) is 2.14. The van der Waals surface area contributed by atoms with Crippen LogP contribution in [0.5, 0.6) is 0 Å². The third-order valence-electron chi connectivity index (χ3n) is 3.53. The van der Waals surface area contributed by atoms with Crippen molar-refractivity contribution < 1.29 is 0 Å². The minimum atomic E-state index is 0.906. The summed E-state index contributed by atoms with van der Waals surface area (Å²) in [6.07, 6.45) is 4.00. The molecule has 3 heteroatoms. The van der Waals surface area contributed by atoms with Crippen molar-refractivity contribution in [3.05, 3.63) is 29.8 Å². The summed E-state index contributed by atoms with van der Waals surface area (Å²) in [7, 11) is 0. The van der Waals surface area contributed by atoms with Crippen LogP contribution in [-0.2, 0) is 0 Å². The van der Waals surface area contributed by atoms with E-state index in [1.54, 1.807) is 0 Å². The molecule has 3 nitrogen and oxygen atoms in total. The summed E-state index contributed by atoms with van der Waals surface area (Å²) >= 11 is 0. The summed E-state index contributed by atoms with van der Waals surface area (Å²) in [5.41, 5.74) is 2.62. The molecule has 0 saturated carbocycles. The number of para-hydroxylation sites is 1. The van der Waals surface area contributed by atoms with E-state index in [1.165, 1.54) is 43.6 Å². The molecule has 0 amide bonds. The second-order valence-corrected chi connectivity index (χ2v) is 4.72. The lowest BCUT2D eigenvalue weighted by molar-refractivity contribution is 0.577. The molecule has 0 unspecified atom stereocenters. The van der Waals surface area contributed by atoms with Gasteiger partial charge in [-0.25, -0.2) is 0 Å². The van der Waals surface area contributed by atoms with Gasteiger partial charge in [0.05, 0.1) is 6.54 Å². The number of piperidine rings is 1. The molecule has 17 heavy (non-hydrogen) atoms. The number of rotatable bonds is 2. The number of hydrogen-bond donors (Lipinski definition) is 1. The summed E-state index contributed by atoms with van der Waals surface area (Å²) in [5, 5.41) is 3.38. The number of anilines is 1. The van der Waals surface area contributed by atoms with Crippen LogP contribution in [0.1, 0.15) is 24.8 Å². The van der Waals surface area contributed by atoms with Gasteiger partial charge in [-0.05, 0) is 31.4 Å². The standard InChI is InChI=1S/C14H19N3/c1-4-10-17(11-5-1)13-7-3-2-6-12(13)14-15-8-9-16-14/h2-3,6-7H,1,4-5,8-11H2,(H,15,16). The summed E-state index contributed by atoms with van der Waals surface area (Å²) in [6.45, 7) is 4.25.